The van der Waals surface area contributed by atoms with Crippen molar-refractivity contribution in [3.05, 3.63) is 29.8 Å². The summed E-state index contributed by atoms with van der Waals surface area (Å²) in [6.07, 6.45) is 0.964. The van der Waals surface area contributed by atoms with Crippen LogP contribution in [-0.4, -0.2) is 40.6 Å². The van der Waals surface area contributed by atoms with Crippen LogP contribution in [0.5, 0.6) is 0 Å². The molecule has 0 heterocycles. The normalized spacial score (nSPS) is 11.7. The van der Waals surface area contributed by atoms with Gasteiger partial charge in [0.05, 0.1) is 30.5 Å². The summed E-state index contributed by atoms with van der Waals surface area (Å²) in [4.78, 5) is 0.297. The molecule has 0 amide bonds. The molecule has 0 aliphatic heterocycles. The van der Waals surface area contributed by atoms with E-state index in [1.165, 1.54) is 0 Å². The third kappa shape index (κ3) is 6.00. The van der Waals surface area contributed by atoms with Crippen LogP contribution in [-0.2, 0) is 25.9 Å². The highest BCUT2D eigenvalue weighted by atomic mass is 32.2. The van der Waals surface area contributed by atoms with Crippen molar-refractivity contribution in [2.24, 2.45) is 5.73 Å². The van der Waals surface area contributed by atoms with Gasteiger partial charge in [-0.1, -0.05) is 19.1 Å². The number of nitrogens with two attached hydrogens (primary N) is 1. The summed E-state index contributed by atoms with van der Waals surface area (Å²) >= 11 is 0. The summed E-state index contributed by atoms with van der Waals surface area (Å²) in [5, 5.41) is 0. The second-order valence-electron chi connectivity index (χ2n) is 4.40. The Labute approximate surface area is 121 Å². The van der Waals surface area contributed by atoms with E-state index < -0.39 is 9.84 Å². The number of benzene rings is 1. The van der Waals surface area contributed by atoms with Crippen LogP contribution in [0.1, 0.15) is 18.9 Å². The highest BCUT2D eigenvalue weighted by molar-refractivity contribution is 7.91. The van der Waals surface area contributed by atoms with Crippen molar-refractivity contribution in [1.82, 2.24) is 0 Å². The molecule has 0 aromatic heterocycles. The van der Waals surface area contributed by atoms with E-state index in [0.717, 1.165) is 12.0 Å². The van der Waals surface area contributed by atoms with Gasteiger partial charge >= 0.3 is 0 Å². The molecule has 1 aromatic rings. The van der Waals surface area contributed by atoms with Crippen LogP contribution >= 0.6 is 0 Å². The van der Waals surface area contributed by atoms with Crippen molar-refractivity contribution in [2.75, 3.05) is 32.2 Å². The molecule has 0 bridgehead atoms. The smallest absolute Gasteiger partial charge is 0.180 e. The maximum Gasteiger partial charge on any atom is 0.180 e. The molecule has 1 rings (SSSR count). The Morgan fingerprint density at radius 1 is 1.10 bits per heavy atom. The van der Waals surface area contributed by atoms with Gasteiger partial charge in [0.15, 0.2) is 9.84 Å². The number of ether oxygens (including phenoxy) is 2. The number of sulfone groups is 1. The molecule has 0 aliphatic rings. The van der Waals surface area contributed by atoms with Crippen LogP contribution in [0.2, 0.25) is 0 Å². The second kappa shape index (κ2) is 9.07. The number of hydrogen-bond acceptors (Lipinski definition) is 5. The highest BCUT2D eigenvalue weighted by Crippen LogP contribution is 2.13. The van der Waals surface area contributed by atoms with Crippen LogP contribution in [0.15, 0.2) is 29.2 Å². The first-order valence-electron chi connectivity index (χ1n) is 6.77. The topological polar surface area (TPSA) is 78.6 Å². The van der Waals surface area contributed by atoms with Crippen LogP contribution in [0.3, 0.4) is 0 Å². The molecule has 6 heteroatoms. The molecule has 0 atom stereocenters. The molecular weight excluding hydrogens is 278 g/mol. The van der Waals surface area contributed by atoms with E-state index >= 15 is 0 Å². The molecule has 5 nitrogen and oxygen atoms in total. The summed E-state index contributed by atoms with van der Waals surface area (Å²) in [5.74, 6) is -0.0329. The van der Waals surface area contributed by atoms with Crippen molar-refractivity contribution in [1.29, 1.82) is 0 Å². The lowest BCUT2D eigenvalue weighted by molar-refractivity contribution is 0.0537. The molecule has 1 aromatic carbocycles. The largest absolute Gasteiger partial charge is 0.379 e. The SMILES string of the molecule is CCCOCCOCCS(=O)(=O)c1cccc(CN)c1. The zero-order chi connectivity index (χ0) is 14.8. The molecule has 0 aliphatic carbocycles. The van der Waals surface area contributed by atoms with Gasteiger partial charge in [0.2, 0.25) is 0 Å². The van der Waals surface area contributed by atoms with Gasteiger partial charge in [-0.2, -0.15) is 0 Å². The molecule has 0 radical (unpaired) electrons. The third-order valence-corrected chi connectivity index (χ3v) is 4.39. The Bertz CT molecular complexity index is 488. The van der Waals surface area contributed by atoms with Gasteiger partial charge < -0.3 is 15.2 Å². The number of hydrogen-bond donors (Lipinski definition) is 1. The predicted octanol–water partition coefficient (Wildman–Crippen LogP) is 1.36. The fourth-order valence-corrected chi connectivity index (χ4v) is 2.81. The summed E-state index contributed by atoms with van der Waals surface area (Å²) < 4.78 is 34.7. The van der Waals surface area contributed by atoms with Crippen molar-refractivity contribution in [2.45, 2.75) is 24.8 Å². The van der Waals surface area contributed by atoms with Crippen molar-refractivity contribution in [3.8, 4) is 0 Å². The van der Waals surface area contributed by atoms with Gasteiger partial charge in [0.25, 0.3) is 0 Å². The Hall–Kier alpha value is -0.950. The molecule has 20 heavy (non-hydrogen) atoms. The van der Waals surface area contributed by atoms with E-state index in [9.17, 15) is 8.42 Å². The fraction of sp³-hybridized carbons (Fsp3) is 0.571. The molecule has 0 fully saturated rings. The van der Waals surface area contributed by atoms with E-state index in [4.69, 9.17) is 15.2 Å². The van der Waals surface area contributed by atoms with Gasteiger partial charge in [0, 0.05) is 13.2 Å². The molecule has 0 saturated heterocycles. The van der Waals surface area contributed by atoms with Crippen LogP contribution < -0.4 is 5.73 Å². The predicted molar refractivity (Wildman–Crippen MR) is 78.3 cm³/mol. The Morgan fingerprint density at radius 3 is 2.45 bits per heavy atom. The van der Waals surface area contributed by atoms with Crippen molar-refractivity contribution < 1.29 is 17.9 Å². The minimum absolute atomic E-state index is 0.0329. The molecular formula is C14H23NO4S. The fourth-order valence-electron chi connectivity index (χ4n) is 1.62. The lowest BCUT2D eigenvalue weighted by Crippen LogP contribution is -2.15. The molecule has 0 unspecified atom stereocenters. The van der Waals surface area contributed by atoms with Crippen LogP contribution in [0.4, 0.5) is 0 Å². The van der Waals surface area contributed by atoms with Gasteiger partial charge in [-0.25, -0.2) is 8.42 Å². The van der Waals surface area contributed by atoms with Gasteiger partial charge in [0.1, 0.15) is 0 Å². The first-order valence-corrected chi connectivity index (χ1v) is 8.42. The molecule has 114 valence electrons. The lowest BCUT2D eigenvalue weighted by atomic mass is 10.2. The second-order valence-corrected chi connectivity index (χ2v) is 6.50. The zero-order valence-electron chi connectivity index (χ0n) is 11.9. The zero-order valence-corrected chi connectivity index (χ0v) is 12.7. The first kappa shape index (κ1) is 17.1. The molecule has 0 saturated carbocycles. The maximum atomic E-state index is 12.1. The van der Waals surface area contributed by atoms with E-state index in [1.807, 2.05) is 6.92 Å². The minimum Gasteiger partial charge on any atom is -0.379 e. The van der Waals surface area contributed by atoms with Crippen molar-refractivity contribution in [3.63, 3.8) is 0 Å². The van der Waals surface area contributed by atoms with Gasteiger partial charge in [-0.15, -0.1) is 0 Å². The van der Waals surface area contributed by atoms with E-state index in [2.05, 4.69) is 0 Å². The Kier molecular flexibility index (Phi) is 7.76. The monoisotopic (exact) mass is 301 g/mol. The van der Waals surface area contributed by atoms with E-state index in [-0.39, 0.29) is 12.4 Å². The number of rotatable bonds is 10. The minimum atomic E-state index is -3.31. The highest BCUT2D eigenvalue weighted by Gasteiger charge is 2.14. The average molecular weight is 301 g/mol. The summed E-state index contributed by atoms with van der Waals surface area (Å²) in [7, 11) is -3.31. The Balaban J connectivity index is 2.37. The summed E-state index contributed by atoms with van der Waals surface area (Å²) in [6.45, 7) is 4.14. The quantitative estimate of drug-likeness (QED) is 0.660. The molecule has 0 spiro atoms. The van der Waals surface area contributed by atoms with E-state index in [1.54, 1.807) is 24.3 Å². The van der Waals surface area contributed by atoms with E-state index in [0.29, 0.717) is 31.3 Å². The third-order valence-electron chi connectivity index (χ3n) is 2.71. The first-order chi connectivity index (χ1) is 9.60. The van der Waals surface area contributed by atoms with Gasteiger partial charge in [-0.05, 0) is 24.1 Å². The van der Waals surface area contributed by atoms with Crippen LogP contribution in [0.25, 0.3) is 0 Å². The Morgan fingerprint density at radius 2 is 1.80 bits per heavy atom. The summed E-state index contributed by atoms with van der Waals surface area (Å²) in [5.41, 5.74) is 6.31. The summed E-state index contributed by atoms with van der Waals surface area (Å²) in [6, 6.07) is 6.70. The standard InChI is InChI=1S/C14H23NO4S/c1-2-6-18-7-8-19-9-10-20(16,17)14-5-3-4-13(11-14)12-15/h3-5,11H,2,6-10,12,15H2,1H3. The van der Waals surface area contributed by atoms with Crippen molar-refractivity contribution >= 4 is 9.84 Å². The molecule has 2 N–H and O–H groups in total. The van der Waals surface area contributed by atoms with Gasteiger partial charge in [-0.3, -0.25) is 0 Å². The lowest BCUT2D eigenvalue weighted by Gasteiger charge is -2.07. The van der Waals surface area contributed by atoms with Crippen LogP contribution in [0, 0.1) is 0 Å². The maximum absolute atomic E-state index is 12.1. The average Bonchev–Trinajstić information content (AvgIpc) is 2.46.